The SMILES string of the molecule is CCc1nc(C)c(C(=O)NCc2cc(CC(C)C)no2)o1. The van der Waals surface area contributed by atoms with Crippen molar-refractivity contribution in [3.05, 3.63) is 34.9 Å². The molecule has 0 aromatic carbocycles. The maximum absolute atomic E-state index is 12.0. The third-order valence-electron chi connectivity index (χ3n) is 3.00. The van der Waals surface area contributed by atoms with Gasteiger partial charge in [-0.3, -0.25) is 4.79 Å². The van der Waals surface area contributed by atoms with Crippen molar-refractivity contribution in [1.29, 1.82) is 0 Å². The van der Waals surface area contributed by atoms with Gasteiger partial charge in [0.05, 0.1) is 17.9 Å². The lowest BCUT2D eigenvalue weighted by molar-refractivity contribution is 0.0916. The summed E-state index contributed by atoms with van der Waals surface area (Å²) >= 11 is 0. The summed E-state index contributed by atoms with van der Waals surface area (Å²) < 4.78 is 10.6. The fourth-order valence-electron chi connectivity index (χ4n) is 2.02. The van der Waals surface area contributed by atoms with Crippen molar-refractivity contribution in [2.75, 3.05) is 0 Å². The Balaban J connectivity index is 1.94. The average Bonchev–Trinajstić information content (AvgIpc) is 3.02. The quantitative estimate of drug-likeness (QED) is 0.885. The number of nitrogens with zero attached hydrogens (tertiary/aromatic N) is 2. The van der Waals surface area contributed by atoms with Gasteiger partial charge in [-0.2, -0.15) is 0 Å². The Bertz CT molecular complexity index is 613. The van der Waals surface area contributed by atoms with Gasteiger partial charge in [0.25, 0.3) is 5.91 Å². The van der Waals surface area contributed by atoms with Crippen molar-refractivity contribution in [2.45, 2.75) is 47.1 Å². The highest BCUT2D eigenvalue weighted by atomic mass is 16.5. The molecule has 0 aliphatic carbocycles. The molecule has 0 bridgehead atoms. The third-order valence-corrected chi connectivity index (χ3v) is 3.00. The summed E-state index contributed by atoms with van der Waals surface area (Å²) in [6.45, 7) is 8.21. The molecule has 2 heterocycles. The second kappa shape index (κ2) is 6.56. The van der Waals surface area contributed by atoms with Crippen LogP contribution in [0.3, 0.4) is 0 Å². The largest absolute Gasteiger partial charge is 0.435 e. The number of hydrogen-bond acceptors (Lipinski definition) is 5. The average molecular weight is 291 g/mol. The van der Waals surface area contributed by atoms with Crippen LogP contribution in [-0.2, 0) is 19.4 Å². The second-order valence-electron chi connectivity index (χ2n) is 5.44. The highest BCUT2D eigenvalue weighted by Gasteiger charge is 2.17. The van der Waals surface area contributed by atoms with E-state index in [0.29, 0.717) is 29.7 Å². The number of carbonyl (C=O) groups excluding carboxylic acids is 1. The van der Waals surface area contributed by atoms with E-state index in [1.165, 1.54) is 0 Å². The van der Waals surface area contributed by atoms with Gasteiger partial charge in [-0.25, -0.2) is 4.98 Å². The molecule has 2 rings (SSSR count). The minimum absolute atomic E-state index is 0.258. The number of carbonyl (C=O) groups is 1. The Hall–Kier alpha value is -2.11. The van der Waals surface area contributed by atoms with Crippen molar-refractivity contribution in [2.24, 2.45) is 5.92 Å². The van der Waals surface area contributed by atoms with E-state index in [4.69, 9.17) is 8.94 Å². The molecule has 0 aliphatic rings. The van der Waals surface area contributed by atoms with E-state index >= 15 is 0 Å². The van der Waals surface area contributed by atoms with Gasteiger partial charge in [-0.1, -0.05) is 25.9 Å². The maximum Gasteiger partial charge on any atom is 0.289 e. The van der Waals surface area contributed by atoms with Gasteiger partial charge in [0.15, 0.2) is 11.7 Å². The molecule has 2 aromatic rings. The van der Waals surface area contributed by atoms with Crippen molar-refractivity contribution in [3.63, 3.8) is 0 Å². The Morgan fingerprint density at radius 1 is 1.43 bits per heavy atom. The number of nitrogens with one attached hydrogen (secondary N) is 1. The van der Waals surface area contributed by atoms with Crippen molar-refractivity contribution in [1.82, 2.24) is 15.5 Å². The topological polar surface area (TPSA) is 81.2 Å². The van der Waals surface area contributed by atoms with Crippen LogP contribution in [0.4, 0.5) is 0 Å². The lowest BCUT2D eigenvalue weighted by Crippen LogP contribution is -2.22. The highest BCUT2D eigenvalue weighted by Crippen LogP contribution is 2.12. The van der Waals surface area contributed by atoms with Crippen LogP contribution in [0.5, 0.6) is 0 Å². The summed E-state index contributed by atoms with van der Waals surface area (Å²) in [7, 11) is 0. The number of oxazole rings is 1. The molecule has 1 amide bonds. The first-order valence-corrected chi connectivity index (χ1v) is 7.18. The third kappa shape index (κ3) is 3.93. The molecule has 0 saturated carbocycles. The Labute approximate surface area is 123 Å². The summed E-state index contributed by atoms with van der Waals surface area (Å²) in [6.07, 6.45) is 1.52. The van der Waals surface area contributed by atoms with E-state index in [9.17, 15) is 4.79 Å². The second-order valence-corrected chi connectivity index (χ2v) is 5.44. The Morgan fingerprint density at radius 3 is 2.81 bits per heavy atom. The van der Waals surface area contributed by atoms with E-state index in [0.717, 1.165) is 12.1 Å². The van der Waals surface area contributed by atoms with E-state index < -0.39 is 0 Å². The van der Waals surface area contributed by atoms with Crippen LogP contribution in [0.1, 0.15) is 54.4 Å². The minimum Gasteiger partial charge on any atom is -0.435 e. The van der Waals surface area contributed by atoms with Crippen LogP contribution in [0.25, 0.3) is 0 Å². The zero-order valence-corrected chi connectivity index (χ0v) is 12.9. The molecule has 1 N–H and O–H groups in total. The number of aromatic nitrogens is 2. The van der Waals surface area contributed by atoms with E-state index in [1.807, 2.05) is 13.0 Å². The van der Waals surface area contributed by atoms with Gasteiger partial charge < -0.3 is 14.3 Å². The molecule has 0 unspecified atom stereocenters. The molecule has 0 radical (unpaired) electrons. The first kappa shape index (κ1) is 15.3. The molecule has 0 spiro atoms. The summed E-state index contributed by atoms with van der Waals surface area (Å²) in [4.78, 5) is 16.2. The fourth-order valence-corrected chi connectivity index (χ4v) is 2.02. The predicted molar refractivity (Wildman–Crippen MR) is 76.8 cm³/mol. The first-order chi connectivity index (χ1) is 9.99. The molecule has 21 heavy (non-hydrogen) atoms. The summed E-state index contributed by atoms with van der Waals surface area (Å²) in [5.74, 6) is 1.68. The van der Waals surface area contributed by atoms with Gasteiger partial charge in [0, 0.05) is 12.5 Å². The van der Waals surface area contributed by atoms with Gasteiger partial charge in [-0.15, -0.1) is 0 Å². The Kier molecular flexibility index (Phi) is 4.77. The van der Waals surface area contributed by atoms with Gasteiger partial charge in [0.2, 0.25) is 5.76 Å². The van der Waals surface area contributed by atoms with Crippen LogP contribution in [0.2, 0.25) is 0 Å². The molecule has 0 saturated heterocycles. The molecule has 0 atom stereocenters. The lowest BCUT2D eigenvalue weighted by Gasteiger charge is -2.00. The van der Waals surface area contributed by atoms with Crippen LogP contribution in [-0.4, -0.2) is 16.0 Å². The predicted octanol–water partition coefficient (Wildman–Crippen LogP) is 2.66. The highest BCUT2D eigenvalue weighted by molar-refractivity contribution is 5.92. The Morgan fingerprint density at radius 2 is 2.19 bits per heavy atom. The summed E-state index contributed by atoms with van der Waals surface area (Å²) in [5.41, 5.74) is 1.50. The smallest absolute Gasteiger partial charge is 0.289 e. The van der Waals surface area contributed by atoms with E-state index in [2.05, 4.69) is 29.3 Å². The lowest BCUT2D eigenvalue weighted by atomic mass is 10.1. The number of amides is 1. The van der Waals surface area contributed by atoms with Crippen LogP contribution in [0.15, 0.2) is 15.0 Å². The van der Waals surface area contributed by atoms with Crippen molar-refractivity contribution >= 4 is 5.91 Å². The molecule has 6 heteroatoms. The normalized spacial score (nSPS) is 11.1. The number of rotatable bonds is 6. The molecular formula is C15H21N3O3. The fraction of sp³-hybridized carbons (Fsp3) is 0.533. The monoisotopic (exact) mass is 291 g/mol. The molecule has 0 fully saturated rings. The summed E-state index contributed by atoms with van der Waals surface area (Å²) in [5, 5.41) is 6.73. The van der Waals surface area contributed by atoms with Crippen molar-refractivity contribution in [3.8, 4) is 0 Å². The van der Waals surface area contributed by atoms with Gasteiger partial charge >= 0.3 is 0 Å². The number of aryl methyl sites for hydroxylation is 2. The minimum atomic E-state index is -0.290. The van der Waals surface area contributed by atoms with E-state index in [-0.39, 0.29) is 18.2 Å². The van der Waals surface area contributed by atoms with Crippen LogP contribution in [0, 0.1) is 12.8 Å². The first-order valence-electron chi connectivity index (χ1n) is 7.18. The zero-order valence-electron chi connectivity index (χ0n) is 12.9. The molecule has 0 aliphatic heterocycles. The van der Waals surface area contributed by atoms with Crippen molar-refractivity contribution < 1.29 is 13.7 Å². The van der Waals surface area contributed by atoms with Crippen LogP contribution < -0.4 is 5.32 Å². The molecule has 114 valence electrons. The summed E-state index contributed by atoms with van der Waals surface area (Å²) in [6, 6.07) is 1.87. The van der Waals surface area contributed by atoms with Crippen LogP contribution >= 0.6 is 0 Å². The maximum atomic E-state index is 12.0. The standard InChI is InChI=1S/C15H21N3O3/c1-5-13-17-10(4)14(20-13)15(19)16-8-12-7-11(18-21-12)6-9(2)3/h7,9H,5-6,8H2,1-4H3,(H,16,19). The van der Waals surface area contributed by atoms with E-state index in [1.54, 1.807) is 6.92 Å². The number of hydrogen-bond donors (Lipinski definition) is 1. The van der Waals surface area contributed by atoms with Gasteiger partial charge in [-0.05, 0) is 19.3 Å². The van der Waals surface area contributed by atoms with Gasteiger partial charge in [0.1, 0.15) is 0 Å². The molecule has 2 aromatic heterocycles. The zero-order chi connectivity index (χ0) is 15.4. The molecule has 6 nitrogen and oxygen atoms in total. The molecular weight excluding hydrogens is 270 g/mol.